The summed E-state index contributed by atoms with van der Waals surface area (Å²) in [6.07, 6.45) is 3.13. The molecule has 0 saturated carbocycles. The third-order valence-electron chi connectivity index (χ3n) is 5.61. The largest absolute Gasteiger partial charge is 0.473 e. The Labute approximate surface area is 188 Å². The fraction of sp³-hybridized carbons (Fsp3) is 0.417. The number of hydrogen-bond donors (Lipinski definition) is 2. The van der Waals surface area contributed by atoms with Gasteiger partial charge in [-0.15, -0.1) is 0 Å². The molecule has 2 fully saturated rings. The van der Waals surface area contributed by atoms with Crippen LogP contribution in [0, 0.1) is 0 Å². The molecular formula is C24H30N2O6. The molecule has 32 heavy (non-hydrogen) atoms. The summed E-state index contributed by atoms with van der Waals surface area (Å²) >= 11 is 0. The Morgan fingerprint density at radius 1 is 0.844 bits per heavy atom. The Balaban J connectivity index is 0.000000427. The van der Waals surface area contributed by atoms with E-state index in [1.807, 2.05) is 0 Å². The molecule has 2 heterocycles. The van der Waals surface area contributed by atoms with Gasteiger partial charge in [-0.25, -0.2) is 9.59 Å². The van der Waals surface area contributed by atoms with E-state index in [1.165, 1.54) is 11.4 Å². The first kappa shape index (κ1) is 23.7. The number of carbonyl (C=O) groups is 2. The molecule has 0 atom stereocenters. The fourth-order valence-corrected chi connectivity index (χ4v) is 3.98. The highest BCUT2D eigenvalue weighted by Gasteiger charge is 2.39. The summed E-state index contributed by atoms with van der Waals surface area (Å²) in [5.74, 6) is -3.92. The van der Waals surface area contributed by atoms with Gasteiger partial charge >= 0.3 is 11.9 Å². The monoisotopic (exact) mass is 442 g/mol. The summed E-state index contributed by atoms with van der Waals surface area (Å²) in [5, 5.41) is 14.8. The van der Waals surface area contributed by atoms with E-state index < -0.39 is 11.9 Å². The Bertz CT molecular complexity index is 794. The second-order valence-electron chi connectivity index (χ2n) is 7.74. The Kier molecular flexibility index (Phi) is 8.61. The van der Waals surface area contributed by atoms with Gasteiger partial charge in [-0.05, 0) is 37.2 Å². The molecule has 0 radical (unpaired) electrons. The van der Waals surface area contributed by atoms with Crippen LogP contribution in [0.4, 0.5) is 11.4 Å². The summed E-state index contributed by atoms with van der Waals surface area (Å²) in [4.78, 5) is 23.2. The Morgan fingerprint density at radius 2 is 1.31 bits per heavy atom. The van der Waals surface area contributed by atoms with Crippen molar-refractivity contribution in [1.82, 2.24) is 4.90 Å². The molecule has 0 aromatic heterocycles. The molecular weight excluding hydrogens is 412 g/mol. The van der Waals surface area contributed by atoms with Crippen molar-refractivity contribution in [3.8, 4) is 0 Å². The average molecular weight is 443 g/mol. The molecule has 2 saturated heterocycles. The highest BCUT2D eigenvalue weighted by Crippen LogP contribution is 2.31. The van der Waals surface area contributed by atoms with Crippen molar-refractivity contribution in [3.63, 3.8) is 0 Å². The van der Waals surface area contributed by atoms with E-state index in [9.17, 15) is 0 Å². The third kappa shape index (κ3) is 6.78. The van der Waals surface area contributed by atoms with Crippen LogP contribution in [0.5, 0.6) is 0 Å². The standard InChI is InChI=1S/C22H28N2O2.C2H2O4/c1-3-8-20(9-4-1)24(21-10-5-2-6-11-21)15-7-14-23-16-12-22(13-17-23)25-18-19-26-22;3-1(4)2(5)6/h1-6,8-11H,7,12-19H2;(H,3,4)(H,5,6). The van der Waals surface area contributed by atoms with Gasteiger partial charge in [0.2, 0.25) is 0 Å². The first-order chi connectivity index (χ1) is 15.5. The molecule has 4 rings (SSSR count). The minimum Gasteiger partial charge on any atom is -0.473 e. The van der Waals surface area contributed by atoms with Gasteiger partial charge in [0, 0.05) is 43.9 Å². The van der Waals surface area contributed by atoms with E-state index in [0.717, 1.165) is 58.7 Å². The van der Waals surface area contributed by atoms with Gasteiger partial charge in [-0.3, -0.25) is 0 Å². The van der Waals surface area contributed by atoms with Crippen LogP contribution >= 0.6 is 0 Å². The van der Waals surface area contributed by atoms with Crippen LogP contribution in [0.3, 0.4) is 0 Å². The molecule has 1 spiro atoms. The van der Waals surface area contributed by atoms with Crippen LogP contribution in [-0.2, 0) is 19.1 Å². The lowest BCUT2D eigenvalue weighted by Crippen LogP contribution is -2.45. The zero-order chi connectivity index (χ0) is 22.8. The smallest absolute Gasteiger partial charge is 0.414 e. The van der Waals surface area contributed by atoms with Crippen LogP contribution < -0.4 is 4.90 Å². The maximum absolute atomic E-state index is 9.10. The zero-order valence-electron chi connectivity index (χ0n) is 18.1. The lowest BCUT2D eigenvalue weighted by molar-refractivity contribution is -0.185. The minimum atomic E-state index is -1.82. The normalized spacial score (nSPS) is 17.4. The zero-order valence-corrected chi connectivity index (χ0v) is 18.1. The molecule has 2 aliphatic rings. The number of anilines is 2. The van der Waals surface area contributed by atoms with Crippen molar-refractivity contribution in [2.45, 2.75) is 25.0 Å². The van der Waals surface area contributed by atoms with Crippen molar-refractivity contribution in [2.75, 3.05) is 44.3 Å². The number of para-hydroxylation sites is 2. The predicted molar refractivity (Wildman–Crippen MR) is 120 cm³/mol. The third-order valence-corrected chi connectivity index (χ3v) is 5.61. The lowest BCUT2D eigenvalue weighted by atomic mass is 10.0. The van der Waals surface area contributed by atoms with E-state index >= 15 is 0 Å². The molecule has 2 aromatic carbocycles. The molecule has 8 nitrogen and oxygen atoms in total. The average Bonchev–Trinajstić information content (AvgIpc) is 3.27. The van der Waals surface area contributed by atoms with Gasteiger partial charge in [-0.2, -0.15) is 0 Å². The van der Waals surface area contributed by atoms with Crippen molar-refractivity contribution in [3.05, 3.63) is 60.7 Å². The lowest BCUT2D eigenvalue weighted by Gasteiger charge is -2.37. The molecule has 172 valence electrons. The molecule has 0 bridgehead atoms. The van der Waals surface area contributed by atoms with Crippen LogP contribution in [0.25, 0.3) is 0 Å². The first-order valence-electron chi connectivity index (χ1n) is 10.8. The summed E-state index contributed by atoms with van der Waals surface area (Å²) in [5.41, 5.74) is 2.51. The number of carboxylic acid groups (broad SMARTS) is 2. The van der Waals surface area contributed by atoms with E-state index in [2.05, 4.69) is 70.5 Å². The molecule has 0 amide bonds. The second kappa shape index (κ2) is 11.6. The van der Waals surface area contributed by atoms with Crippen molar-refractivity contribution in [2.24, 2.45) is 0 Å². The molecule has 2 aliphatic heterocycles. The topological polar surface area (TPSA) is 99.5 Å². The van der Waals surface area contributed by atoms with Gasteiger partial charge in [0.25, 0.3) is 0 Å². The molecule has 8 heteroatoms. The SMILES string of the molecule is O=C(O)C(=O)O.c1ccc(N(CCCN2CCC3(CC2)OCCO3)c2ccccc2)cc1. The van der Waals surface area contributed by atoms with Gasteiger partial charge in [-0.1, -0.05) is 36.4 Å². The number of piperidine rings is 1. The van der Waals surface area contributed by atoms with E-state index in [0.29, 0.717) is 0 Å². The number of rotatable bonds is 6. The van der Waals surface area contributed by atoms with Gasteiger partial charge in [0.15, 0.2) is 5.79 Å². The van der Waals surface area contributed by atoms with E-state index in [4.69, 9.17) is 29.3 Å². The minimum absolute atomic E-state index is 0.267. The van der Waals surface area contributed by atoms with E-state index in [1.54, 1.807) is 0 Å². The first-order valence-corrected chi connectivity index (χ1v) is 10.8. The van der Waals surface area contributed by atoms with Crippen LogP contribution in [0.2, 0.25) is 0 Å². The summed E-state index contributed by atoms with van der Waals surface area (Å²) in [6, 6.07) is 21.3. The molecule has 0 unspecified atom stereocenters. The molecule has 2 N–H and O–H groups in total. The van der Waals surface area contributed by atoms with Crippen LogP contribution in [0.15, 0.2) is 60.7 Å². The highest BCUT2D eigenvalue weighted by atomic mass is 16.7. The summed E-state index contributed by atoms with van der Waals surface area (Å²) in [6.45, 7) is 5.77. The van der Waals surface area contributed by atoms with Gasteiger partial charge in [0.05, 0.1) is 13.2 Å². The fourth-order valence-electron chi connectivity index (χ4n) is 3.98. The number of ether oxygens (including phenoxy) is 2. The Hall–Kier alpha value is -2.94. The maximum atomic E-state index is 9.10. The molecule has 0 aliphatic carbocycles. The summed E-state index contributed by atoms with van der Waals surface area (Å²) in [7, 11) is 0. The van der Waals surface area contributed by atoms with Crippen LogP contribution in [-0.4, -0.2) is 72.2 Å². The number of benzene rings is 2. The number of likely N-dealkylation sites (tertiary alicyclic amines) is 1. The quantitative estimate of drug-likeness (QED) is 0.658. The molecule has 2 aromatic rings. The maximum Gasteiger partial charge on any atom is 0.414 e. The highest BCUT2D eigenvalue weighted by molar-refractivity contribution is 6.27. The second-order valence-corrected chi connectivity index (χ2v) is 7.74. The number of nitrogens with zero attached hydrogens (tertiary/aromatic N) is 2. The van der Waals surface area contributed by atoms with Crippen molar-refractivity contribution >= 4 is 23.3 Å². The number of carboxylic acids is 2. The van der Waals surface area contributed by atoms with Crippen molar-refractivity contribution in [1.29, 1.82) is 0 Å². The predicted octanol–water partition coefficient (Wildman–Crippen LogP) is 3.21. The van der Waals surface area contributed by atoms with Gasteiger partial charge < -0.3 is 29.5 Å². The number of hydrogen-bond acceptors (Lipinski definition) is 6. The number of aliphatic carboxylic acids is 2. The summed E-state index contributed by atoms with van der Waals surface area (Å²) < 4.78 is 11.7. The van der Waals surface area contributed by atoms with Crippen LogP contribution in [0.1, 0.15) is 19.3 Å². The van der Waals surface area contributed by atoms with E-state index in [-0.39, 0.29) is 5.79 Å². The van der Waals surface area contributed by atoms with Gasteiger partial charge in [0.1, 0.15) is 0 Å². The Morgan fingerprint density at radius 3 is 1.75 bits per heavy atom. The van der Waals surface area contributed by atoms with Crippen molar-refractivity contribution < 1.29 is 29.3 Å².